The van der Waals surface area contributed by atoms with E-state index in [4.69, 9.17) is 4.42 Å². The SMILES string of the molecule is CSC1CCCC1Nc1nc2c([N+](=O)[O-])cccc2o1. The van der Waals surface area contributed by atoms with E-state index in [1.807, 2.05) is 11.8 Å². The van der Waals surface area contributed by atoms with Crippen molar-refractivity contribution in [1.29, 1.82) is 0 Å². The quantitative estimate of drug-likeness (QED) is 0.687. The molecule has 0 radical (unpaired) electrons. The van der Waals surface area contributed by atoms with Gasteiger partial charge in [0, 0.05) is 17.4 Å². The van der Waals surface area contributed by atoms with Gasteiger partial charge in [-0.05, 0) is 25.2 Å². The first-order valence-corrected chi connectivity index (χ1v) is 7.81. The largest absolute Gasteiger partial charge is 0.423 e. The Balaban J connectivity index is 1.89. The van der Waals surface area contributed by atoms with Gasteiger partial charge in [-0.25, -0.2) is 0 Å². The lowest BCUT2D eigenvalue weighted by atomic mass is 10.2. The minimum Gasteiger partial charge on any atom is -0.423 e. The van der Waals surface area contributed by atoms with Crippen molar-refractivity contribution in [3.63, 3.8) is 0 Å². The summed E-state index contributed by atoms with van der Waals surface area (Å²) in [5.41, 5.74) is 0.728. The van der Waals surface area contributed by atoms with E-state index in [0.717, 1.165) is 6.42 Å². The number of hydrogen-bond acceptors (Lipinski definition) is 6. The normalized spacial score (nSPS) is 22.2. The first-order valence-electron chi connectivity index (χ1n) is 6.52. The van der Waals surface area contributed by atoms with E-state index in [9.17, 15) is 10.1 Å². The minimum atomic E-state index is -0.436. The molecule has 0 spiro atoms. The van der Waals surface area contributed by atoms with Crippen LogP contribution in [0.5, 0.6) is 0 Å². The van der Waals surface area contributed by atoms with Crippen LogP contribution in [0.4, 0.5) is 11.7 Å². The Kier molecular flexibility index (Phi) is 3.52. The van der Waals surface area contributed by atoms with Gasteiger partial charge in [0.05, 0.1) is 4.92 Å². The number of non-ortho nitro benzene ring substituents is 1. The number of para-hydroxylation sites is 1. The number of hydrogen-bond donors (Lipinski definition) is 1. The zero-order chi connectivity index (χ0) is 14.1. The molecule has 1 aromatic carbocycles. The lowest BCUT2D eigenvalue weighted by Crippen LogP contribution is -2.25. The summed E-state index contributed by atoms with van der Waals surface area (Å²) in [6.45, 7) is 0. The van der Waals surface area contributed by atoms with Crippen LogP contribution >= 0.6 is 11.8 Å². The molecule has 1 aliphatic carbocycles. The number of thioether (sulfide) groups is 1. The monoisotopic (exact) mass is 293 g/mol. The van der Waals surface area contributed by atoms with Crippen molar-refractivity contribution >= 4 is 34.6 Å². The van der Waals surface area contributed by atoms with Gasteiger partial charge in [0.15, 0.2) is 11.1 Å². The average molecular weight is 293 g/mol. The number of rotatable bonds is 4. The van der Waals surface area contributed by atoms with Crippen LogP contribution in [0.15, 0.2) is 22.6 Å². The third-order valence-electron chi connectivity index (χ3n) is 3.66. The standard InChI is InChI=1S/C13H15N3O3S/c1-20-11-7-2-4-8(11)14-13-15-12-9(16(17)18)5-3-6-10(12)19-13/h3,5-6,8,11H,2,4,7H2,1H3,(H,14,15). The third-order valence-corrected chi connectivity index (χ3v) is 4.83. The van der Waals surface area contributed by atoms with Crippen molar-refractivity contribution in [1.82, 2.24) is 4.98 Å². The van der Waals surface area contributed by atoms with Gasteiger partial charge in [-0.3, -0.25) is 10.1 Å². The smallest absolute Gasteiger partial charge is 0.298 e. The Morgan fingerprint density at radius 2 is 2.35 bits per heavy atom. The molecule has 1 aliphatic rings. The average Bonchev–Trinajstić information content (AvgIpc) is 3.03. The van der Waals surface area contributed by atoms with Crippen molar-refractivity contribution in [3.05, 3.63) is 28.3 Å². The first-order chi connectivity index (χ1) is 9.69. The molecule has 106 valence electrons. The molecule has 2 aromatic rings. The fourth-order valence-electron chi connectivity index (χ4n) is 2.67. The van der Waals surface area contributed by atoms with Gasteiger partial charge < -0.3 is 9.73 Å². The molecule has 0 amide bonds. The molecule has 1 heterocycles. The highest BCUT2D eigenvalue weighted by Crippen LogP contribution is 2.32. The second-order valence-electron chi connectivity index (χ2n) is 4.86. The number of nitrogens with zero attached hydrogens (tertiary/aromatic N) is 2. The first kappa shape index (κ1) is 13.2. The van der Waals surface area contributed by atoms with Crippen LogP contribution in [0.1, 0.15) is 19.3 Å². The van der Waals surface area contributed by atoms with Crippen molar-refractivity contribution in [2.45, 2.75) is 30.6 Å². The molecule has 7 heteroatoms. The minimum absolute atomic E-state index is 0.0212. The van der Waals surface area contributed by atoms with Gasteiger partial charge in [-0.15, -0.1) is 0 Å². The molecule has 1 saturated carbocycles. The zero-order valence-electron chi connectivity index (χ0n) is 11.0. The van der Waals surface area contributed by atoms with Crippen LogP contribution in [0.3, 0.4) is 0 Å². The van der Waals surface area contributed by atoms with E-state index in [1.165, 1.54) is 18.9 Å². The molecule has 20 heavy (non-hydrogen) atoms. The van der Waals surface area contributed by atoms with Crippen molar-refractivity contribution < 1.29 is 9.34 Å². The van der Waals surface area contributed by atoms with Gasteiger partial charge in [-0.1, -0.05) is 12.5 Å². The summed E-state index contributed by atoms with van der Waals surface area (Å²) in [5.74, 6) is 0. The summed E-state index contributed by atoms with van der Waals surface area (Å²) in [6.07, 6.45) is 5.54. The topological polar surface area (TPSA) is 81.2 Å². The maximum atomic E-state index is 11.0. The number of nitro groups is 1. The van der Waals surface area contributed by atoms with Crippen molar-refractivity contribution in [2.75, 3.05) is 11.6 Å². The Bertz CT molecular complexity index is 643. The highest BCUT2D eigenvalue weighted by Gasteiger charge is 2.28. The van der Waals surface area contributed by atoms with Crippen LogP contribution in [-0.4, -0.2) is 27.5 Å². The molecule has 1 fully saturated rings. The second kappa shape index (κ2) is 5.32. The Morgan fingerprint density at radius 1 is 1.50 bits per heavy atom. The van der Waals surface area contributed by atoms with Gasteiger partial charge in [0.1, 0.15) is 0 Å². The maximum absolute atomic E-state index is 11.0. The number of benzene rings is 1. The van der Waals surface area contributed by atoms with Crippen LogP contribution in [0, 0.1) is 10.1 Å². The zero-order valence-corrected chi connectivity index (χ0v) is 11.9. The van der Waals surface area contributed by atoms with Crippen LogP contribution in [-0.2, 0) is 0 Å². The predicted molar refractivity (Wildman–Crippen MR) is 79.2 cm³/mol. The number of oxazole rings is 1. The molecule has 3 rings (SSSR count). The fourth-order valence-corrected chi connectivity index (χ4v) is 3.61. The summed E-state index contributed by atoms with van der Waals surface area (Å²) in [5, 5.41) is 14.8. The van der Waals surface area contributed by atoms with Crippen LogP contribution in [0.2, 0.25) is 0 Å². The van der Waals surface area contributed by atoms with Crippen LogP contribution in [0.25, 0.3) is 11.1 Å². The summed E-state index contributed by atoms with van der Waals surface area (Å²) >= 11 is 1.83. The van der Waals surface area contributed by atoms with E-state index in [1.54, 1.807) is 12.1 Å². The molecule has 2 unspecified atom stereocenters. The lowest BCUT2D eigenvalue weighted by molar-refractivity contribution is -0.383. The molecule has 0 bridgehead atoms. The van der Waals surface area contributed by atoms with E-state index < -0.39 is 4.92 Å². The Hall–Kier alpha value is -1.76. The number of nitro benzene ring substituents is 1. The van der Waals surface area contributed by atoms with Crippen molar-refractivity contribution in [2.24, 2.45) is 0 Å². The van der Waals surface area contributed by atoms with Gasteiger partial charge in [0.25, 0.3) is 11.7 Å². The molecule has 2 atom stereocenters. The molecule has 1 N–H and O–H groups in total. The predicted octanol–water partition coefficient (Wildman–Crippen LogP) is 3.43. The van der Waals surface area contributed by atoms with Crippen molar-refractivity contribution in [3.8, 4) is 0 Å². The van der Waals surface area contributed by atoms with Gasteiger partial charge in [0.2, 0.25) is 0 Å². The van der Waals surface area contributed by atoms with E-state index in [0.29, 0.717) is 28.4 Å². The second-order valence-corrected chi connectivity index (χ2v) is 5.93. The number of anilines is 1. The summed E-state index contributed by atoms with van der Waals surface area (Å²) in [6, 6.07) is 5.43. The number of fused-ring (bicyclic) bond motifs is 1. The summed E-state index contributed by atoms with van der Waals surface area (Å²) in [7, 11) is 0. The van der Waals surface area contributed by atoms with Gasteiger partial charge >= 0.3 is 0 Å². The van der Waals surface area contributed by atoms with E-state index in [2.05, 4.69) is 16.6 Å². The highest BCUT2D eigenvalue weighted by molar-refractivity contribution is 7.99. The number of nitrogens with one attached hydrogen (secondary N) is 1. The molecule has 6 nitrogen and oxygen atoms in total. The Labute approximate surface area is 120 Å². The third kappa shape index (κ3) is 2.33. The summed E-state index contributed by atoms with van der Waals surface area (Å²) in [4.78, 5) is 14.8. The van der Waals surface area contributed by atoms with Gasteiger partial charge in [-0.2, -0.15) is 16.7 Å². The van der Waals surface area contributed by atoms with E-state index in [-0.39, 0.29) is 5.69 Å². The molecular formula is C13H15N3O3S. The molecular weight excluding hydrogens is 278 g/mol. The Morgan fingerprint density at radius 3 is 3.10 bits per heavy atom. The molecule has 1 aromatic heterocycles. The summed E-state index contributed by atoms with van der Waals surface area (Å²) < 4.78 is 5.58. The molecule has 0 aliphatic heterocycles. The van der Waals surface area contributed by atoms with E-state index >= 15 is 0 Å². The highest BCUT2D eigenvalue weighted by atomic mass is 32.2. The number of aromatic nitrogens is 1. The fraction of sp³-hybridized carbons (Fsp3) is 0.462. The molecule has 0 saturated heterocycles. The lowest BCUT2D eigenvalue weighted by Gasteiger charge is -2.17. The van der Waals surface area contributed by atoms with Crippen LogP contribution < -0.4 is 5.32 Å². The maximum Gasteiger partial charge on any atom is 0.298 e.